The fraction of sp³-hybridized carbons (Fsp3) is 0.333. The van der Waals surface area contributed by atoms with Crippen LogP contribution in [0.3, 0.4) is 0 Å². The predicted molar refractivity (Wildman–Crippen MR) is 78.2 cm³/mol. The average molecular weight is 365 g/mol. The van der Waals surface area contributed by atoms with E-state index < -0.39 is 0 Å². The molecule has 0 saturated carbocycles. The Kier molecular flexibility index (Phi) is 5.44. The molecule has 19 heavy (non-hydrogen) atoms. The Morgan fingerprint density at radius 1 is 0.789 bits per heavy atom. The van der Waals surface area contributed by atoms with Crippen LogP contribution in [0.25, 0.3) is 0 Å². The molecule has 0 aromatic heterocycles. The smallest absolute Gasteiger partial charge is 0.0625 e. The molecule has 2 rings (SSSR count). The Labute approximate surface area is 127 Å². The molecule has 0 spiro atoms. The lowest BCUT2D eigenvalue weighted by Crippen LogP contribution is -3.61. The van der Waals surface area contributed by atoms with Crippen LogP contribution >= 0.6 is 0 Å². The zero-order valence-corrected chi connectivity index (χ0v) is 14.1. The first kappa shape index (κ1) is 14.6. The molecule has 0 N–H and O–H groups in total. The summed E-state index contributed by atoms with van der Waals surface area (Å²) in [6.45, 7) is 6.75. The number of rotatable bonds is 5. The second kappa shape index (κ2) is 7.09. The van der Waals surface area contributed by atoms with Crippen molar-refractivity contribution in [1.29, 1.82) is 0 Å². The molecule has 0 amide bonds. The van der Waals surface area contributed by atoms with Crippen molar-refractivity contribution in [1.82, 2.24) is 0 Å². The minimum atomic E-state index is -0.0232. The van der Waals surface area contributed by atoms with E-state index in [0.717, 1.165) is 12.3 Å². The van der Waals surface area contributed by atoms with Crippen molar-refractivity contribution in [3.05, 3.63) is 66.8 Å². The van der Waals surface area contributed by atoms with Crippen LogP contribution in [0.1, 0.15) is 31.9 Å². The van der Waals surface area contributed by atoms with Crippen molar-refractivity contribution in [3.8, 4) is 0 Å². The molecule has 0 bridgehead atoms. The van der Waals surface area contributed by atoms with Crippen molar-refractivity contribution >= 4 is 0 Å². The van der Waals surface area contributed by atoms with E-state index in [1.165, 1.54) is 24.7 Å². The van der Waals surface area contributed by atoms with Crippen molar-refractivity contribution in [2.75, 3.05) is 0 Å². The summed E-state index contributed by atoms with van der Waals surface area (Å²) in [4.78, 5) is 0. The lowest BCUT2D eigenvalue weighted by atomic mass is 10.0. The van der Waals surface area contributed by atoms with Crippen LogP contribution in [-0.4, -0.2) is 0 Å². The molecule has 0 aliphatic carbocycles. The van der Waals surface area contributed by atoms with Gasteiger partial charge in [0.1, 0.15) is 0 Å². The standard InChI is InChI=1S/C18H22I/c1-4-15-5-9-17(10-6-15)19-18-11-7-16(8-12-18)13-14(2)3/h5-12,14H,4,13H2,1-3H3/q+1. The topological polar surface area (TPSA) is 0 Å². The molecule has 100 valence electrons. The Hall–Kier alpha value is -0.830. The largest absolute Gasteiger partial charge is 0.357 e. The van der Waals surface area contributed by atoms with Crippen LogP contribution in [0.2, 0.25) is 0 Å². The van der Waals surface area contributed by atoms with E-state index in [2.05, 4.69) is 69.3 Å². The van der Waals surface area contributed by atoms with Crippen molar-refractivity contribution in [3.63, 3.8) is 0 Å². The zero-order valence-electron chi connectivity index (χ0n) is 12.0. The number of halogens is 1. The van der Waals surface area contributed by atoms with Gasteiger partial charge in [-0.25, -0.2) is 0 Å². The van der Waals surface area contributed by atoms with Crippen molar-refractivity contribution < 1.29 is 21.2 Å². The Morgan fingerprint density at radius 3 is 1.68 bits per heavy atom. The minimum absolute atomic E-state index is 0.0232. The van der Waals surface area contributed by atoms with Crippen LogP contribution in [0.15, 0.2) is 48.5 Å². The second-order valence-corrected chi connectivity index (χ2v) is 8.33. The van der Waals surface area contributed by atoms with E-state index in [9.17, 15) is 0 Å². The summed E-state index contributed by atoms with van der Waals surface area (Å²) in [5.41, 5.74) is 2.89. The third-order valence-corrected chi connectivity index (χ3v) is 5.78. The van der Waals surface area contributed by atoms with Gasteiger partial charge in [0.05, 0.1) is 0 Å². The van der Waals surface area contributed by atoms with Crippen LogP contribution < -0.4 is 21.2 Å². The SMILES string of the molecule is CCc1ccc([I+]c2ccc(CC(C)C)cc2)cc1. The quantitative estimate of drug-likeness (QED) is 0.706. The molecular formula is C18H22I+. The first-order valence-electron chi connectivity index (χ1n) is 7.00. The van der Waals surface area contributed by atoms with Gasteiger partial charge in [0.15, 0.2) is 7.14 Å². The van der Waals surface area contributed by atoms with Crippen LogP contribution in [-0.2, 0) is 12.8 Å². The van der Waals surface area contributed by atoms with E-state index in [1.54, 1.807) is 0 Å². The Balaban J connectivity index is 2.02. The third kappa shape index (κ3) is 4.64. The zero-order chi connectivity index (χ0) is 13.7. The van der Waals surface area contributed by atoms with Gasteiger partial charge in [-0.2, -0.15) is 0 Å². The molecule has 0 saturated heterocycles. The molecule has 1 heteroatoms. The van der Waals surface area contributed by atoms with Gasteiger partial charge >= 0.3 is 21.2 Å². The molecule has 0 aliphatic rings. The maximum atomic E-state index is 2.32. The van der Waals surface area contributed by atoms with E-state index in [0.29, 0.717) is 0 Å². The second-order valence-electron chi connectivity index (χ2n) is 5.30. The highest BCUT2D eigenvalue weighted by Crippen LogP contribution is 2.06. The van der Waals surface area contributed by atoms with Gasteiger partial charge in [0.2, 0.25) is 0 Å². The maximum absolute atomic E-state index is 2.32. The van der Waals surface area contributed by atoms with E-state index >= 15 is 0 Å². The van der Waals surface area contributed by atoms with Gasteiger partial charge in [0.25, 0.3) is 0 Å². The fourth-order valence-corrected chi connectivity index (χ4v) is 4.22. The van der Waals surface area contributed by atoms with Crippen LogP contribution in [0.4, 0.5) is 0 Å². The van der Waals surface area contributed by atoms with E-state index in [4.69, 9.17) is 0 Å². The molecule has 0 radical (unpaired) electrons. The van der Waals surface area contributed by atoms with Gasteiger partial charge in [-0.15, -0.1) is 0 Å². The lowest BCUT2D eigenvalue weighted by molar-refractivity contribution is -0.597. The summed E-state index contributed by atoms with van der Waals surface area (Å²) in [6.07, 6.45) is 2.31. The normalized spacial score (nSPS) is 10.9. The van der Waals surface area contributed by atoms with E-state index in [1.807, 2.05) is 0 Å². The molecule has 2 aromatic carbocycles. The van der Waals surface area contributed by atoms with Crippen molar-refractivity contribution in [2.45, 2.75) is 33.6 Å². The van der Waals surface area contributed by atoms with E-state index in [-0.39, 0.29) is 21.2 Å². The number of hydrogen-bond acceptors (Lipinski definition) is 0. The number of aryl methyl sites for hydroxylation is 1. The molecule has 0 atom stereocenters. The van der Waals surface area contributed by atoms with Crippen LogP contribution in [0, 0.1) is 13.1 Å². The molecule has 0 heterocycles. The average Bonchev–Trinajstić information content (AvgIpc) is 2.41. The van der Waals surface area contributed by atoms with Gasteiger partial charge in [-0.1, -0.05) is 45.0 Å². The van der Waals surface area contributed by atoms with Crippen molar-refractivity contribution in [2.24, 2.45) is 5.92 Å². The predicted octanol–water partition coefficient (Wildman–Crippen LogP) is 1.58. The van der Waals surface area contributed by atoms with Gasteiger partial charge in [-0.3, -0.25) is 0 Å². The first-order chi connectivity index (χ1) is 9.17. The first-order valence-corrected chi connectivity index (χ1v) is 9.16. The van der Waals surface area contributed by atoms with Gasteiger partial charge < -0.3 is 0 Å². The lowest BCUT2D eigenvalue weighted by Gasteiger charge is -2.03. The fourth-order valence-electron chi connectivity index (χ4n) is 2.06. The summed E-state index contributed by atoms with van der Waals surface area (Å²) in [7, 11) is 0. The highest BCUT2D eigenvalue weighted by molar-refractivity contribution is 5.16. The molecule has 0 fully saturated rings. The monoisotopic (exact) mass is 365 g/mol. The summed E-state index contributed by atoms with van der Waals surface area (Å²) in [6, 6.07) is 18.4. The van der Waals surface area contributed by atoms with Crippen LogP contribution in [0.5, 0.6) is 0 Å². The maximum Gasteiger partial charge on any atom is 0.357 e. The van der Waals surface area contributed by atoms with Gasteiger partial charge in [0, 0.05) is 0 Å². The highest BCUT2D eigenvalue weighted by atomic mass is 127. The molecule has 0 unspecified atom stereocenters. The highest BCUT2D eigenvalue weighted by Gasteiger charge is 2.14. The molecule has 0 nitrogen and oxygen atoms in total. The number of benzene rings is 2. The third-order valence-electron chi connectivity index (χ3n) is 3.10. The molecule has 2 aromatic rings. The molecule has 0 aliphatic heterocycles. The number of hydrogen-bond donors (Lipinski definition) is 0. The minimum Gasteiger partial charge on any atom is -0.0625 e. The Morgan fingerprint density at radius 2 is 1.26 bits per heavy atom. The summed E-state index contributed by atoms with van der Waals surface area (Å²) in [5, 5.41) is 0. The Bertz CT molecular complexity index is 494. The summed E-state index contributed by atoms with van der Waals surface area (Å²) >= 11 is -0.0232. The van der Waals surface area contributed by atoms with Gasteiger partial charge in [-0.05, 0) is 54.2 Å². The summed E-state index contributed by atoms with van der Waals surface area (Å²) in [5.74, 6) is 0.738. The molecular weight excluding hydrogens is 343 g/mol. The summed E-state index contributed by atoms with van der Waals surface area (Å²) < 4.78 is 3.02.